The van der Waals surface area contributed by atoms with Crippen LogP contribution in [0.15, 0.2) is 42.5 Å². The van der Waals surface area contributed by atoms with Gasteiger partial charge < -0.3 is 10.4 Å². The third kappa shape index (κ3) is 3.91. The summed E-state index contributed by atoms with van der Waals surface area (Å²) in [7, 11) is 0. The van der Waals surface area contributed by atoms with Crippen molar-refractivity contribution in [3.05, 3.63) is 65.0 Å². The number of nitrogens with one attached hydrogen (secondary N) is 1. The standard InChI is InChI=1S/C17H14FNO2/c1-12-4-7-14(8-5-12)19-17(21)15-11-13(3-2-10-20)6-9-16(15)18/h4-9,11,20H,10H2,1H3,(H,19,21). The zero-order valence-corrected chi connectivity index (χ0v) is 11.5. The van der Waals surface area contributed by atoms with E-state index in [9.17, 15) is 9.18 Å². The molecule has 0 unspecified atom stereocenters. The number of aryl methyl sites for hydroxylation is 1. The second-order valence-electron chi connectivity index (χ2n) is 4.47. The molecule has 0 aromatic heterocycles. The first-order chi connectivity index (χ1) is 10.1. The van der Waals surface area contributed by atoms with Crippen LogP contribution >= 0.6 is 0 Å². The second-order valence-corrected chi connectivity index (χ2v) is 4.47. The highest BCUT2D eigenvalue weighted by molar-refractivity contribution is 6.04. The van der Waals surface area contributed by atoms with Gasteiger partial charge >= 0.3 is 0 Å². The smallest absolute Gasteiger partial charge is 0.258 e. The number of halogens is 1. The molecule has 0 saturated carbocycles. The number of aliphatic hydroxyl groups excluding tert-OH is 1. The summed E-state index contributed by atoms with van der Waals surface area (Å²) >= 11 is 0. The second kappa shape index (κ2) is 6.69. The van der Waals surface area contributed by atoms with Crippen molar-refractivity contribution in [2.75, 3.05) is 11.9 Å². The Morgan fingerprint density at radius 2 is 1.95 bits per heavy atom. The van der Waals surface area contributed by atoms with Crippen LogP contribution in [0.3, 0.4) is 0 Å². The average Bonchev–Trinajstić information content (AvgIpc) is 2.48. The molecule has 106 valence electrons. The van der Waals surface area contributed by atoms with Crippen LogP contribution in [0.4, 0.5) is 10.1 Å². The molecular formula is C17H14FNO2. The molecule has 0 fully saturated rings. The SMILES string of the molecule is Cc1ccc(NC(=O)c2cc(C#CCO)ccc2F)cc1. The summed E-state index contributed by atoms with van der Waals surface area (Å²) in [5.41, 5.74) is 2.05. The molecule has 0 spiro atoms. The van der Waals surface area contributed by atoms with Crippen molar-refractivity contribution in [3.63, 3.8) is 0 Å². The van der Waals surface area contributed by atoms with Crippen molar-refractivity contribution in [3.8, 4) is 11.8 Å². The minimum Gasteiger partial charge on any atom is -0.384 e. The van der Waals surface area contributed by atoms with Crippen molar-refractivity contribution in [1.29, 1.82) is 0 Å². The van der Waals surface area contributed by atoms with Crippen LogP contribution in [-0.4, -0.2) is 17.6 Å². The lowest BCUT2D eigenvalue weighted by molar-refractivity contribution is 0.102. The van der Waals surface area contributed by atoms with Gasteiger partial charge in [-0.15, -0.1) is 0 Å². The van der Waals surface area contributed by atoms with E-state index in [0.717, 1.165) is 5.56 Å². The molecule has 4 heteroatoms. The summed E-state index contributed by atoms with van der Waals surface area (Å²) in [5, 5.41) is 11.3. The van der Waals surface area contributed by atoms with Gasteiger partial charge in [0.05, 0.1) is 5.56 Å². The Kier molecular flexibility index (Phi) is 4.70. The van der Waals surface area contributed by atoms with Crippen LogP contribution in [-0.2, 0) is 0 Å². The molecule has 0 aliphatic heterocycles. The fourth-order valence-corrected chi connectivity index (χ4v) is 1.75. The van der Waals surface area contributed by atoms with E-state index in [1.807, 2.05) is 19.1 Å². The van der Waals surface area contributed by atoms with Gasteiger partial charge in [0.1, 0.15) is 12.4 Å². The van der Waals surface area contributed by atoms with Crippen molar-refractivity contribution in [2.24, 2.45) is 0 Å². The molecule has 0 saturated heterocycles. The first kappa shape index (κ1) is 14.8. The van der Waals surface area contributed by atoms with Crippen molar-refractivity contribution < 1.29 is 14.3 Å². The first-order valence-corrected chi connectivity index (χ1v) is 6.37. The number of amides is 1. The molecule has 0 aliphatic carbocycles. The Hall–Kier alpha value is -2.64. The molecule has 2 aromatic carbocycles. The average molecular weight is 283 g/mol. The van der Waals surface area contributed by atoms with Gasteiger partial charge in [-0.2, -0.15) is 0 Å². The van der Waals surface area contributed by atoms with Gasteiger partial charge in [-0.1, -0.05) is 29.5 Å². The molecule has 1 amide bonds. The maximum atomic E-state index is 13.8. The third-order valence-electron chi connectivity index (χ3n) is 2.83. The fourth-order valence-electron chi connectivity index (χ4n) is 1.75. The van der Waals surface area contributed by atoms with Gasteiger partial charge in [-0.05, 0) is 37.3 Å². The number of benzene rings is 2. The Morgan fingerprint density at radius 1 is 1.24 bits per heavy atom. The van der Waals surface area contributed by atoms with Gasteiger partial charge in [-0.25, -0.2) is 4.39 Å². The number of carbonyl (C=O) groups is 1. The summed E-state index contributed by atoms with van der Waals surface area (Å²) in [6.45, 7) is 1.65. The molecule has 0 atom stereocenters. The molecular weight excluding hydrogens is 269 g/mol. The monoisotopic (exact) mass is 283 g/mol. The van der Waals surface area contributed by atoms with Gasteiger partial charge in [0.2, 0.25) is 0 Å². The molecule has 3 nitrogen and oxygen atoms in total. The molecule has 21 heavy (non-hydrogen) atoms. The molecule has 2 N–H and O–H groups in total. The number of aliphatic hydroxyl groups is 1. The van der Waals surface area contributed by atoms with E-state index in [4.69, 9.17) is 5.11 Å². The van der Waals surface area contributed by atoms with Crippen LogP contribution in [0.25, 0.3) is 0 Å². The highest BCUT2D eigenvalue weighted by Crippen LogP contribution is 2.14. The summed E-state index contributed by atoms with van der Waals surface area (Å²) in [6, 6.07) is 11.2. The summed E-state index contributed by atoms with van der Waals surface area (Å²) < 4.78 is 13.8. The van der Waals surface area contributed by atoms with E-state index >= 15 is 0 Å². The minimum absolute atomic E-state index is 0.0830. The summed E-state index contributed by atoms with van der Waals surface area (Å²) in [5.74, 6) is 3.94. The normalized spacial score (nSPS) is 9.67. The van der Waals surface area contributed by atoms with Crippen molar-refractivity contribution in [1.82, 2.24) is 0 Å². The zero-order valence-electron chi connectivity index (χ0n) is 11.5. The molecule has 2 rings (SSSR count). The lowest BCUT2D eigenvalue weighted by Crippen LogP contribution is -2.14. The van der Waals surface area contributed by atoms with E-state index < -0.39 is 11.7 Å². The number of rotatable bonds is 2. The highest BCUT2D eigenvalue weighted by atomic mass is 19.1. The van der Waals surface area contributed by atoms with E-state index in [-0.39, 0.29) is 12.2 Å². The predicted molar refractivity (Wildman–Crippen MR) is 79.5 cm³/mol. The molecule has 0 radical (unpaired) electrons. The van der Waals surface area contributed by atoms with E-state index in [2.05, 4.69) is 17.2 Å². The summed E-state index contributed by atoms with van der Waals surface area (Å²) in [6.07, 6.45) is 0. The Morgan fingerprint density at radius 3 is 2.62 bits per heavy atom. The molecule has 0 heterocycles. The molecule has 0 aliphatic rings. The molecule has 2 aromatic rings. The third-order valence-corrected chi connectivity index (χ3v) is 2.83. The van der Waals surface area contributed by atoms with Crippen LogP contribution < -0.4 is 5.32 Å². The number of carbonyl (C=O) groups excluding carboxylic acids is 1. The Balaban J connectivity index is 2.23. The lowest BCUT2D eigenvalue weighted by atomic mass is 10.1. The maximum Gasteiger partial charge on any atom is 0.258 e. The highest BCUT2D eigenvalue weighted by Gasteiger charge is 2.12. The molecule has 0 bridgehead atoms. The van der Waals surface area contributed by atoms with Gasteiger partial charge in [0.25, 0.3) is 5.91 Å². The number of hydrogen-bond donors (Lipinski definition) is 2. The van der Waals surface area contributed by atoms with Crippen LogP contribution in [0.2, 0.25) is 0 Å². The van der Waals surface area contributed by atoms with Gasteiger partial charge in [0.15, 0.2) is 0 Å². The predicted octanol–water partition coefficient (Wildman–Crippen LogP) is 2.73. The van der Waals surface area contributed by atoms with Crippen LogP contribution in [0, 0.1) is 24.6 Å². The van der Waals surface area contributed by atoms with Crippen molar-refractivity contribution >= 4 is 11.6 Å². The van der Waals surface area contributed by atoms with E-state index in [1.54, 1.807) is 12.1 Å². The van der Waals surface area contributed by atoms with E-state index in [1.165, 1.54) is 18.2 Å². The van der Waals surface area contributed by atoms with Crippen LogP contribution in [0.1, 0.15) is 21.5 Å². The minimum atomic E-state index is -0.617. The largest absolute Gasteiger partial charge is 0.384 e. The maximum absolute atomic E-state index is 13.8. The Bertz CT molecular complexity index is 712. The van der Waals surface area contributed by atoms with Crippen LogP contribution in [0.5, 0.6) is 0 Å². The fraction of sp³-hybridized carbons (Fsp3) is 0.118. The topological polar surface area (TPSA) is 49.3 Å². The zero-order chi connectivity index (χ0) is 15.2. The number of hydrogen-bond acceptors (Lipinski definition) is 2. The van der Waals surface area contributed by atoms with Crippen molar-refractivity contribution in [2.45, 2.75) is 6.92 Å². The lowest BCUT2D eigenvalue weighted by Gasteiger charge is -2.07. The number of anilines is 1. The first-order valence-electron chi connectivity index (χ1n) is 6.37. The quantitative estimate of drug-likeness (QED) is 0.833. The van der Waals surface area contributed by atoms with Gasteiger partial charge in [0, 0.05) is 11.3 Å². The van der Waals surface area contributed by atoms with Gasteiger partial charge in [-0.3, -0.25) is 4.79 Å². The summed E-state index contributed by atoms with van der Waals surface area (Å²) in [4.78, 5) is 12.1. The van der Waals surface area contributed by atoms with E-state index in [0.29, 0.717) is 11.3 Å². The Labute approximate surface area is 122 Å².